The lowest BCUT2D eigenvalue weighted by molar-refractivity contribution is -0.144. The van der Waals surface area contributed by atoms with Gasteiger partial charge in [-0.25, -0.2) is 4.79 Å². The molecule has 1 aliphatic heterocycles. The van der Waals surface area contributed by atoms with Gasteiger partial charge in [-0.2, -0.15) is 0 Å². The molecule has 35 heavy (non-hydrogen) atoms. The fourth-order valence-electron chi connectivity index (χ4n) is 6.14. The molecule has 1 saturated heterocycles. The lowest BCUT2D eigenvalue weighted by Gasteiger charge is -2.37. The third kappa shape index (κ3) is 4.77. The van der Waals surface area contributed by atoms with E-state index in [1.165, 1.54) is 11.1 Å². The van der Waals surface area contributed by atoms with E-state index in [0.717, 1.165) is 43.2 Å². The van der Waals surface area contributed by atoms with Crippen molar-refractivity contribution >= 4 is 18.0 Å². The number of aliphatic carboxylic acids is 1. The highest BCUT2D eigenvalue weighted by Crippen LogP contribution is 2.44. The van der Waals surface area contributed by atoms with Crippen molar-refractivity contribution in [2.75, 3.05) is 13.2 Å². The zero-order chi connectivity index (χ0) is 24.4. The first-order valence-corrected chi connectivity index (χ1v) is 12.7. The fourth-order valence-corrected chi connectivity index (χ4v) is 6.14. The minimum Gasteiger partial charge on any atom is -0.481 e. The highest BCUT2D eigenvalue weighted by molar-refractivity contribution is 5.82. The minimum absolute atomic E-state index is 0.0146. The first-order valence-electron chi connectivity index (χ1n) is 12.7. The molecule has 5 rings (SSSR count). The predicted octanol–water partition coefficient (Wildman–Crippen LogP) is 4.55. The molecule has 2 aromatic carbocycles. The highest BCUT2D eigenvalue weighted by Gasteiger charge is 2.40. The molecule has 1 heterocycles. The maximum Gasteiger partial charge on any atom is 0.407 e. The summed E-state index contributed by atoms with van der Waals surface area (Å²) in [6.07, 6.45) is 4.28. The smallest absolute Gasteiger partial charge is 0.407 e. The molecule has 2 amide bonds. The van der Waals surface area contributed by atoms with Crippen LogP contribution >= 0.6 is 0 Å². The van der Waals surface area contributed by atoms with Crippen LogP contribution in [0.4, 0.5) is 4.79 Å². The molecule has 184 valence electrons. The number of nitrogens with zero attached hydrogens (tertiary/aromatic N) is 1. The van der Waals surface area contributed by atoms with Crippen LogP contribution < -0.4 is 5.32 Å². The molecule has 3 aliphatic rings. The Morgan fingerprint density at radius 1 is 0.914 bits per heavy atom. The maximum atomic E-state index is 13.4. The maximum absolute atomic E-state index is 13.4. The Morgan fingerprint density at radius 3 is 2.29 bits per heavy atom. The predicted molar refractivity (Wildman–Crippen MR) is 131 cm³/mol. The van der Waals surface area contributed by atoms with Crippen LogP contribution in [0.1, 0.15) is 62.0 Å². The van der Waals surface area contributed by atoms with Crippen LogP contribution in [0.5, 0.6) is 0 Å². The van der Waals surface area contributed by atoms with E-state index in [-0.39, 0.29) is 42.9 Å². The van der Waals surface area contributed by atoms with E-state index in [9.17, 15) is 19.5 Å². The van der Waals surface area contributed by atoms with Gasteiger partial charge in [-0.1, -0.05) is 55.0 Å². The standard InChI is InChI=1S/C28H32N2O5/c31-26(32)16-18-8-5-6-15-30(18)27(33)23-13-7-14-25(23)29-28(34)35-17-24-21-11-3-1-9-19(21)20-10-2-4-12-22(20)24/h1-4,9-12,18,23-25H,5-8,13-17H2,(H,29,34)(H,31,32)/t18-,23+,25-/m0/s1. The molecule has 0 aromatic heterocycles. The van der Waals surface area contributed by atoms with Crippen molar-refractivity contribution in [3.8, 4) is 11.1 Å². The second-order valence-corrected chi connectivity index (χ2v) is 9.89. The Morgan fingerprint density at radius 2 is 1.60 bits per heavy atom. The van der Waals surface area contributed by atoms with Crippen LogP contribution in [0.3, 0.4) is 0 Å². The number of carboxylic acids is 1. The number of benzene rings is 2. The molecule has 2 aliphatic carbocycles. The molecule has 0 bridgehead atoms. The van der Waals surface area contributed by atoms with Gasteiger partial charge in [0.1, 0.15) is 6.61 Å². The molecule has 3 atom stereocenters. The summed E-state index contributed by atoms with van der Waals surface area (Å²) in [5.74, 6) is -1.25. The summed E-state index contributed by atoms with van der Waals surface area (Å²) >= 11 is 0. The number of likely N-dealkylation sites (tertiary alicyclic amines) is 1. The summed E-state index contributed by atoms with van der Waals surface area (Å²) in [6, 6.07) is 15.9. The van der Waals surface area contributed by atoms with Crippen molar-refractivity contribution in [1.29, 1.82) is 0 Å². The third-order valence-corrected chi connectivity index (χ3v) is 7.80. The molecule has 1 saturated carbocycles. The average molecular weight is 477 g/mol. The second kappa shape index (κ2) is 10.1. The summed E-state index contributed by atoms with van der Waals surface area (Å²) in [7, 11) is 0. The van der Waals surface area contributed by atoms with Gasteiger partial charge in [0.25, 0.3) is 0 Å². The van der Waals surface area contributed by atoms with Crippen LogP contribution in [0.25, 0.3) is 11.1 Å². The summed E-state index contributed by atoms with van der Waals surface area (Å²) in [6.45, 7) is 0.822. The third-order valence-electron chi connectivity index (χ3n) is 7.80. The number of ether oxygens (including phenoxy) is 1. The van der Waals surface area contributed by atoms with Crippen molar-refractivity contribution in [3.05, 3.63) is 59.7 Å². The van der Waals surface area contributed by atoms with E-state index < -0.39 is 12.1 Å². The monoisotopic (exact) mass is 476 g/mol. The lowest BCUT2D eigenvalue weighted by atomic mass is 9.95. The number of alkyl carbamates (subject to hydrolysis) is 1. The minimum atomic E-state index is -0.880. The van der Waals surface area contributed by atoms with E-state index >= 15 is 0 Å². The van der Waals surface area contributed by atoms with Crippen molar-refractivity contribution in [2.24, 2.45) is 5.92 Å². The van der Waals surface area contributed by atoms with Gasteiger partial charge in [0.15, 0.2) is 0 Å². The molecule has 7 heteroatoms. The number of hydrogen-bond acceptors (Lipinski definition) is 4. The fraction of sp³-hybridized carbons (Fsp3) is 0.464. The normalized spacial score (nSPS) is 23.4. The Labute approximate surface area is 205 Å². The number of carbonyl (C=O) groups is 3. The molecule has 0 spiro atoms. The molecule has 0 unspecified atom stereocenters. The Balaban J connectivity index is 1.22. The summed E-state index contributed by atoms with van der Waals surface area (Å²) in [5.41, 5.74) is 4.67. The molecular formula is C28H32N2O5. The number of carboxylic acid groups (broad SMARTS) is 1. The van der Waals surface area contributed by atoms with Crippen LogP contribution in [0.15, 0.2) is 48.5 Å². The van der Waals surface area contributed by atoms with Crippen molar-refractivity contribution < 1.29 is 24.2 Å². The van der Waals surface area contributed by atoms with Crippen molar-refractivity contribution in [2.45, 2.75) is 62.9 Å². The largest absolute Gasteiger partial charge is 0.481 e. The number of hydrogen-bond donors (Lipinski definition) is 2. The van der Waals surface area contributed by atoms with E-state index in [4.69, 9.17) is 4.74 Å². The van der Waals surface area contributed by atoms with Crippen LogP contribution in [0.2, 0.25) is 0 Å². The van der Waals surface area contributed by atoms with Crippen molar-refractivity contribution in [1.82, 2.24) is 10.2 Å². The van der Waals surface area contributed by atoms with Crippen LogP contribution in [-0.4, -0.2) is 53.2 Å². The quantitative estimate of drug-likeness (QED) is 0.638. The van der Waals surface area contributed by atoms with Gasteiger partial charge < -0.3 is 20.1 Å². The zero-order valence-corrected chi connectivity index (χ0v) is 19.8. The number of amides is 2. The van der Waals surface area contributed by atoms with E-state index in [1.807, 2.05) is 24.3 Å². The first kappa shape index (κ1) is 23.4. The van der Waals surface area contributed by atoms with E-state index in [1.54, 1.807) is 4.90 Å². The molecule has 2 fully saturated rings. The molecule has 7 nitrogen and oxygen atoms in total. The molecular weight excluding hydrogens is 444 g/mol. The Bertz CT molecular complexity index is 1070. The first-order chi connectivity index (χ1) is 17.0. The highest BCUT2D eigenvalue weighted by atomic mass is 16.5. The molecule has 0 radical (unpaired) electrons. The average Bonchev–Trinajstić information content (AvgIpc) is 3.45. The summed E-state index contributed by atoms with van der Waals surface area (Å²) < 4.78 is 5.70. The summed E-state index contributed by atoms with van der Waals surface area (Å²) in [5, 5.41) is 12.2. The number of piperidine rings is 1. The Kier molecular flexibility index (Phi) is 6.75. The number of rotatable bonds is 6. The van der Waals surface area contributed by atoms with E-state index in [0.29, 0.717) is 13.0 Å². The van der Waals surface area contributed by atoms with Crippen LogP contribution in [-0.2, 0) is 14.3 Å². The van der Waals surface area contributed by atoms with Gasteiger partial charge in [0.2, 0.25) is 5.91 Å². The summed E-state index contributed by atoms with van der Waals surface area (Å²) in [4.78, 5) is 39.2. The van der Waals surface area contributed by atoms with Gasteiger partial charge in [-0.15, -0.1) is 0 Å². The lowest BCUT2D eigenvalue weighted by Crippen LogP contribution is -2.51. The van der Waals surface area contributed by atoms with Crippen LogP contribution in [0, 0.1) is 5.92 Å². The van der Waals surface area contributed by atoms with E-state index in [2.05, 4.69) is 29.6 Å². The second-order valence-electron chi connectivity index (χ2n) is 9.89. The Hall–Kier alpha value is -3.35. The van der Waals surface area contributed by atoms with Crippen molar-refractivity contribution in [3.63, 3.8) is 0 Å². The zero-order valence-electron chi connectivity index (χ0n) is 19.8. The molecule has 2 aromatic rings. The van der Waals surface area contributed by atoms with Gasteiger partial charge in [0.05, 0.1) is 12.3 Å². The van der Waals surface area contributed by atoms with Gasteiger partial charge >= 0.3 is 12.1 Å². The van der Waals surface area contributed by atoms with Gasteiger partial charge in [0, 0.05) is 24.5 Å². The number of carbonyl (C=O) groups excluding carboxylic acids is 2. The van der Waals surface area contributed by atoms with Gasteiger partial charge in [-0.05, 0) is 54.4 Å². The number of fused-ring (bicyclic) bond motifs is 3. The number of nitrogens with one attached hydrogen (secondary N) is 1. The topological polar surface area (TPSA) is 95.9 Å². The SMILES string of the molecule is O=C(O)C[C@@H]1CCCCN1C(=O)[C@@H]1CCC[C@@H]1NC(=O)OCC1c2ccccc2-c2ccccc21. The van der Waals surface area contributed by atoms with Gasteiger partial charge in [-0.3, -0.25) is 9.59 Å². The molecule has 2 N–H and O–H groups in total.